The molecule has 0 saturated carbocycles. The first-order chi connectivity index (χ1) is 10.2. The summed E-state index contributed by atoms with van der Waals surface area (Å²) in [7, 11) is 0. The number of hydrogen-bond acceptors (Lipinski definition) is 5. The van der Waals surface area contributed by atoms with Gasteiger partial charge in [0.2, 0.25) is 0 Å². The predicted octanol–water partition coefficient (Wildman–Crippen LogP) is 1.80. The van der Waals surface area contributed by atoms with E-state index < -0.39 is 6.10 Å². The second-order valence-corrected chi connectivity index (χ2v) is 4.98. The summed E-state index contributed by atoms with van der Waals surface area (Å²) in [5.41, 5.74) is 1.16. The first kappa shape index (κ1) is 13.5. The topological polar surface area (TPSA) is 73.0 Å². The number of anilines is 1. The molecule has 2 heterocycles. The van der Waals surface area contributed by atoms with Crippen LogP contribution in [0.4, 0.5) is 10.2 Å². The zero-order valence-corrected chi connectivity index (χ0v) is 11.1. The number of aromatic nitrogens is 2. The Kier molecular flexibility index (Phi) is 3.50. The summed E-state index contributed by atoms with van der Waals surface area (Å²) < 4.78 is 13.0. The maximum atomic E-state index is 13.0. The third-order valence-electron chi connectivity index (χ3n) is 3.58. The number of aliphatic hydroxyl groups is 1. The first-order valence-corrected chi connectivity index (χ1v) is 6.59. The Bertz CT molecular complexity index is 666. The quantitative estimate of drug-likeness (QED) is 0.910. The number of β-amino-alcohol motifs (C(OH)–C–C–N with tert-alkyl or cyclic N) is 1. The number of aliphatic hydroxyl groups excluding tert-OH is 1. The number of nitriles is 1. The van der Waals surface area contributed by atoms with Crippen LogP contribution in [-0.2, 0) is 0 Å². The highest BCUT2D eigenvalue weighted by Crippen LogP contribution is 2.35. The van der Waals surface area contributed by atoms with Crippen molar-refractivity contribution >= 4 is 5.82 Å². The van der Waals surface area contributed by atoms with E-state index in [-0.39, 0.29) is 17.6 Å². The minimum Gasteiger partial charge on any atom is -0.391 e. The summed E-state index contributed by atoms with van der Waals surface area (Å²) >= 11 is 0. The van der Waals surface area contributed by atoms with Crippen molar-refractivity contribution in [1.82, 2.24) is 9.97 Å². The monoisotopic (exact) mass is 284 g/mol. The van der Waals surface area contributed by atoms with E-state index >= 15 is 0 Å². The molecule has 0 bridgehead atoms. The lowest BCUT2D eigenvalue weighted by molar-refractivity contribution is 0.194. The summed E-state index contributed by atoms with van der Waals surface area (Å²) in [4.78, 5) is 10.1. The highest BCUT2D eigenvalue weighted by Gasteiger charge is 2.33. The van der Waals surface area contributed by atoms with Crippen molar-refractivity contribution in [3.05, 3.63) is 53.7 Å². The van der Waals surface area contributed by atoms with Crippen LogP contribution in [0.2, 0.25) is 0 Å². The molecule has 1 aromatic carbocycles. The van der Waals surface area contributed by atoms with E-state index in [4.69, 9.17) is 5.26 Å². The number of nitrogens with zero attached hydrogens (tertiary/aromatic N) is 4. The molecule has 6 heteroatoms. The second-order valence-electron chi connectivity index (χ2n) is 4.98. The average molecular weight is 284 g/mol. The maximum absolute atomic E-state index is 13.0. The van der Waals surface area contributed by atoms with E-state index in [2.05, 4.69) is 9.97 Å². The third kappa shape index (κ3) is 2.69. The summed E-state index contributed by atoms with van der Waals surface area (Å²) in [6.07, 6.45) is 3.00. The number of halogens is 1. The van der Waals surface area contributed by atoms with Gasteiger partial charge in [-0.1, -0.05) is 12.1 Å². The Balaban J connectivity index is 1.91. The molecule has 0 aliphatic carbocycles. The van der Waals surface area contributed by atoms with Crippen molar-refractivity contribution in [1.29, 1.82) is 5.26 Å². The number of benzene rings is 1. The van der Waals surface area contributed by atoms with Gasteiger partial charge in [0.05, 0.1) is 24.5 Å². The summed E-state index contributed by atoms with van der Waals surface area (Å²) in [5.74, 6) is 0.307. The molecule has 106 valence electrons. The molecule has 1 aliphatic rings. The predicted molar refractivity (Wildman–Crippen MR) is 73.9 cm³/mol. The Labute approximate surface area is 121 Å². The molecule has 1 saturated heterocycles. The average Bonchev–Trinajstić information content (AvgIpc) is 2.90. The van der Waals surface area contributed by atoms with Crippen LogP contribution in [0.3, 0.4) is 0 Å². The molecule has 0 spiro atoms. The molecule has 0 amide bonds. The van der Waals surface area contributed by atoms with Crippen molar-refractivity contribution in [2.75, 3.05) is 11.4 Å². The van der Waals surface area contributed by atoms with E-state index in [9.17, 15) is 9.50 Å². The fraction of sp³-hybridized carbons (Fsp3) is 0.267. The highest BCUT2D eigenvalue weighted by atomic mass is 19.1. The minimum absolute atomic E-state index is 0.0807. The minimum atomic E-state index is -0.475. The van der Waals surface area contributed by atoms with Crippen LogP contribution in [0.5, 0.6) is 0 Å². The Hall–Kier alpha value is -2.52. The van der Waals surface area contributed by atoms with Gasteiger partial charge in [0.15, 0.2) is 5.69 Å². The van der Waals surface area contributed by atoms with Crippen LogP contribution in [0.15, 0.2) is 36.7 Å². The van der Waals surface area contributed by atoms with Gasteiger partial charge in [0.25, 0.3) is 0 Å². The van der Waals surface area contributed by atoms with Gasteiger partial charge in [-0.2, -0.15) is 5.26 Å². The molecule has 1 aliphatic heterocycles. The standard InChI is InChI=1S/C15H13FN4O/c16-11-3-1-10(2-4-11)14-5-13(21)9-20(14)15-8-18-12(6-17)7-19-15/h1-4,7-8,13-14,21H,5,9H2/t13-,14-/m1/s1. The van der Waals surface area contributed by atoms with Crippen LogP contribution in [0, 0.1) is 17.1 Å². The molecule has 0 unspecified atom stereocenters. The molecule has 21 heavy (non-hydrogen) atoms. The lowest BCUT2D eigenvalue weighted by Gasteiger charge is -2.25. The van der Waals surface area contributed by atoms with E-state index in [1.807, 2.05) is 11.0 Å². The van der Waals surface area contributed by atoms with Gasteiger partial charge in [-0.05, 0) is 24.1 Å². The molecule has 2 aromatic rings. The lowest BCUT2D eigenvalue weighted by atomic mass is 10.0. The Morgan fingerprint density at radius 2 is 2.00 bits per heavy atom. The SMILES string of the molecule is N#Cc1cnc(N2C[C@H](O)C[C@@H]2c2ccc(F)cc2)cn1. The van der Waals surface area contributed by atoms with Gasteiger partial charge in [-0.25, -0.2) is 14.4 Å². The smallest absolute Gasteiger partial charge is 0.158 e. The van der Waals surface area contributed by atoms with Crippen LogP contribution in [0.1, 0.15) is 23.7 Å². The lowest BCUT2D eigenvalue weighted by Crippen LogP contribution is -2.25. The van der Waals surface area contributed by atoms with Gasteiger partial charge in [0, 0.05) is 6.54 Å². The van der Waals surface area contributed by atoms with Crippen LogP contribution >= 0.6 is 0 Å². The molecule has 1 fully saturated rings. The van der Waals surface area contributed by atoms with Crippen molar-refractivity contribution < 1.29 is 9.50 Å². The molecule has 2 atom stereocenters. The summed E-state index contributed by atoms with van der Waals surface area (Å²) in [6.45, 7) is 0.433. The van der Waals surface area contributed by atoms with Crippen molar-refractivity contribution in [3.63, 3.8) is 0 Å². The molecule has 0 radical (unpaired) electrons. The molecule has 5 nitrogen and oxygen atoms in total. The fourth-order valence-electron chi connectivity index (χ4n) is 2.60. The largest absolute Gasteiger partial charge is 0.391 e. The normalized spacial score (nSPS) is 21.3. The van der Waals surface area contributed by atoms with Gasteiger partial charge < -0.3 is 10.0 Å². The van der Waals surface area contributed by atoms with Crippen LogP contribution < -0.4 is 4.90 Å². The summed E-state index contributed by atoms with van der Waals surface area (Å²) in [5, 5.41) is 18.7. The van der Waals surface area contributed by atoms with Crippen molar-refractivity contribution in [3.8, 4) is 6.07 Å². The second kappa shape index (κ2) is 5.46. The van der Waals surface area contributed by atoms with E-state index in [0.717, 1.165) is 5.56 Å². The van der Waals surface area contributed by atoms with E-state index in [1.54, 1.807) is 12.1 Å². The van der Waals surface area contributed by atoms with Crippen LogP contribution in [0.25, 0.3) is 0 Å². The molecule has 1 N–H and O–H groups in total. The molecule has 3 rings (SSSR count). The van der Waals surface area contributed by atoms with Gasteiger partial charge >= 0.3 is 0 Å². The first-order valence-electron chi connectivity index (χ1n) is 6.59. The number of rotatable bonds is 2. The Morgan fingerprint density at radius 1 is 1.24 bits per heavy atom. The fourth-order valence-corrected chi connectivity index (χ4v) is 2.60. The van der Waals surface area contributed by atoms with Gasteiger partial charge in [0.1, 0.15) is 17.7 Å². The molecular formula is C15H13FN4O. The van der Waals surface area contributed by atoms with Crippen molar-refractivity contribution in [2.45, 2.75) is 18.6 Å². The van der Waals surface area contributed by atoms with Gasteiger partial charge in [-0.3, -0.25) is 0 Å². The highest BCUT2D eigenvalue weighted by molar-refractivity contribution is 5.44. The third-order valence-corrected chi connectivity index (χ3v) is 3.58. The summed E-state index contributed by atoms with van der Waals surface area (Å²) in [6, 6.07) is 8.07. The van der Waals surface area contributed by atoms with Crippen molar-refractivity contribution in [2.24, 2.45) is 0 Å². The molecule has 1 aromatic heterocycles. The van der Waals surface area contributed by atoms with Crippen LogP contribution in [-0.4, -0.2) is 27.7 Å². The molecular weight excluding hydrogens is 271 g/mol. The van der Waals surface area contributed by atoms with Gasteiger partial charge in [-0.15, -0.1) is 0 Å². The van der Waals surface area contributed by atoms with E-state index in [1.165, 1.54) is 24.5 Å². The zero-order chi connectivity index (χ0) is 14.8. The maximum Gasteiger partial charge on any atom is 0.158 e. The number of hydrogen-bond donors (Lipinski definition) is 1. The Morgan fingerprint density at radius 3 is 2.62 bits per heavy atom. The van der Waals surface area contributed by atoms with E-state index in [0.29, 0.717) is 18.8 Å². The zero-order valence-electron chi connectivity index (χ0n) is 11.1.